The van der Waals surface area contributed by atoms with Crippen molar-refractivity contribution < 1.29 is 4.42 Å². The van der Waals surface area contributed by atoms with Crippen molar-refractivity contribution in [3.05, 3.63) is 125 Å². The summed E-state index contributed by atoms with van der Waals surface area (Å²) < 4.78 is 7.32. The average molecular weight is 589 g/mol. The fourth-order valence-corrected chi connectivity index (χ4v) is 5.55. The number of hydrogen-bond donors (Lipinski definition) is 0. The highest BCUT2D eigenvalue weighted by atomic mass is 79.9. The van der Waals surface area contributed by atoms with E-state index in [2.05, 4.69) is 34.1 Å². The second kappa shape index (κ2) is 9.77. The molecule has 0 aliphatic heterocycles. The van der Waals surface area contributed by atoms with E-state index in [1.807, 2.05) is 97.1 Å². The van der Waals surface area contributed by atoms with Gasteiger partial charge in [0.2, 0.25) is 0 Å². The van der Waals surface area contributed by atoms with Crippen LogP contribution in [0.2, 0.25) is 5.02 Å². The van der Waals surface area contributed by atoms with Crippen molar-refractivity contribution in [3.63, 3.8) is 0 Å². The van der Waals surface area contributed by atoms with Crippen LogP contribution in [0.4, 0.5) is 0 Å². The second-order valence-electron chi connectivity index (χ2n) is 9.15. The van der Waals surface area contributed by atoms with Gasteiger partial charge >= 0.3 is 0 Å². The molecule has 186 valence electrons. The Balaban J connectivity index is 1.49. The number of aromatic nitrogens is 3. The monoisotopic (exact) mass is 587 g/mol. The summed E-state index contributed by atoms with van der Waals surface area (Å²) in [4.78, 5) is 14.7. The first-order valence-corrected chi connectivity index (χ1v) is 13.6. The molecule has 5 aromatic carbocycles. The fourth-order valence-electron chi connectivity index (χ4n) is 4.85. The van der Waals surface area contributed by atoms with Gasteiger partial charge in [0, 0.05) is 37.0 Å². The molecule has 2 aromatic heterocycles. The highest BCUT2D eigenvalue weighted by Crippen LogP contribution is 2.39. The summed E-state index contributed by atoms with van der Waals surface area (Å²) >= 11 is 10.0. The summed E-state index contributed by atoms with van der Waals surface area (Å²) in [7, 11) is 0. The summed E-state index contributed by atoms with van der Waals surface area (Å²) in [6.07, 6.45) is 0. The molecule has 0 aliphatic carbocycles. The normalized spacial score (nSPS) is 11.3. The van der Waals surface area contributed by atoms with Gasteiger partial charge in [0.15, 0.2) is 17.5 Å². The van der Waals surface area contributed by atoms with E-state index in [-0.39, 0.29) is 0 Å². The van der Waals surface area contributed by atoms with E-state index in [0.717, 1.165) is 54.2 Å². The Morgan fingerprint density at radius 1 is 0.538 bits per heavy atom. The van der Waals surface area contributed by atoms with Gasteiger partial charge in [-0.15, -0.1) is 0 Å². The molecule has 0 unspecified atom stereocenters. The molecular weight excluding hydrogens is 570 g/mol. The summed E-state index contributed by atoms with van der Waals surface area (Å²) in [6, 6.07) is 38.0. The summed E-state index contributed by atoms with van der Waals surface area (Å²) in [5.41, 5.74) is 6.39. The SMILES string of the molecule is Clc1cccc(-c2nc(-c3ccccc3)nc(-c3cccc4oc5ccc(-c6ccccc6Br)cc5c34)n2)c1. The Hall–Kier alpha value is -4.32. The minimum Gasteiger partial charge on any atom is -0.456 e. The number of nitrogens with zero attached hydrogens (tertiary/aromatic N) is 3. The van der Waals surface area contributed by atoms with Gasteiger partial charge in [-0.1, -0.05) is 106 Å². The zero-order valence-corrected chi connectivity index (χ0v) is 22.8. The Labute approximate surface area is 238 Å². The first kappa shape index (κ1) is 23.8. The molecule has 6 heteroatoms. The number of furan rings is 1. The van der Waals surface area contributed by atoms with E-state index in [4.69, 9.17) is 31.0 Å². The summed E-state index contributed by atoms with van der Waals surface area (Å²) in [5.74, 6) is 1.72. The molecule has 0 spiro atoms. The molecule has 0 atom stereocenters. The van der Waals surface area contributed by atoms with E-state index in [0.29, 0.717) is 22.5 Å². The molecule has 0 aliphatic rings. The Morgan fingerprint density at radius 2 is 1.23 bits per heavy atom. The molecule has 0 saturated heterocycles. The molecule has 2 heterocycles. The van der Waals surface area contributed by atoms with Crippen LogP contribution >= 0.6 is 27.5 Å². The van der Waals surface area contributed by atoms with Crippen LogP contribution in [0.1, 0.15) is 0 Å². The number of rotatable bonds is 4. The second-order valence-corrected chi connectivity index (χ2v) is 10.4. The lowest BCUT2D eigenvalue weighted by Crippen LogP contribution is -2.00. The van der Waals surface area contributed by atoms with Crippen molar-refractivity contribution in [1.29, 1.82) is 0 Å². The van der Waals surface area contributed by atoms with E-state index in [1.54, 1.807) is 0 Å². The molecule has 0 N–H and O–H groups in total. The zero-order valence-electron chi connectivity index (χ0n) is 20.5. The molecular formula is C33H19BrClN3O. The third-order valence-electron chi connectivity index (χ3n) is 6.67. The molecule has 7 aromatic rings. The van der Waals surface area contributed by atoms with Gasteiger partial charge in [-0.05, 0) is 47.5 Å². The lowest BCUT2D eigenvalue weighted by Gasteiger charge is -2.09. The average Bonchev–Trinajstić information content (AvgIpc) is 3.36. The van der Waals surface area contributed by atoms with Crippen LogP contribution in [0.5, 0.6) is 0 Å². The largest absolute Gasteiger partial charge is 0.456 e. The maximum Gasteiger partial charge on any atom is 0.164 e. The molecule has 0 fully saturated rings. The molecule has 0 saturated carbocycles. The van der Waals surface area contributed by atoms with Crippen molar-refractivity contribution in [1.82, 2.24) is 15.0 Å². The minimum absolute atomic E-state index is 0.556. The van der Waals surface area contributed by atoms with Gasteiger partial charge in [0.25, 0.3) is 0 Å². The highest BCUT2D eigenvalue weighted by Gasteiger charge is 2.18. The van der Waals surface area contributed by atoms with E-state index in [9.17, 15) is 0 Å². The predicted octanol–water partition coefficient (Wildman–Crippen LogP) is 9.85. The van der Waals surface area contributed by atoms with Crippen molar-refractivity contribution >= 4 is 49.5 Å². The smallest absolute Gasteiger partial charge is 0.164 e. The maximum atomic E-state index is 6.33. The van der Waals surface area contributed by atoms with E-state index in [1.165, 1.54) is 0 Å². The van der Waals surface area contributed by atoms with Gasteiger partial charge in [-0.25, -0.2) is 15.0 Å². The van der Waals surface area contributed by atoms with Gasteiger partial charge < -0.3 is 4.42 Å². The number of benzene rings is 5. The first-order chi connectivity index (χ1) is 19.1. The minimum atomic E-state index is 0.556. The predicted molar refractivity (Wildman–Crippen MR) is 162 cm³/mol. The number of fused-ring (bicyclic) bond motifs is 3. The van der Waals surface area contributed by atoms with Crippen LogP contribution < -0.4 is 0 Å². The van der Waals surface area contributed by atoms with Crippen LogP contribution in [-0.2, 0) is 0 Å². The lowest BCUT2D eigenvalue weighted by atomic mass is 10.0. The molecule has 0 bridgehead atoms. The third-order valence-corrected chi connectivity index (χ3v) is 7.60. The highest BCUT2D eigenvalue weighted by molar-refractivity contribution is 9.10. The molecule has 39 heavy (non-hydrogen) atoms. The van der Waals surface area contributed by atoms with Crippen LogP contribution in [0, 0.1) is 0 Å². The van der Waals surface area contributed by atoms with Crippen LogP contribution in [0.15, 0.2) is 124 Å². The quantitative estimate of drug-likeness (QED) is 0.205. The fraction of sp³-hybridized carbons (Fsp3) is 0. The Bertz CT molecular complexity index is 2000. The van der Waals surface area contributed by atoms with Gasteiger partial charge in [-0.3, -0.25) is 0 Å². The van der Waals surface area contributed by atoms with Crippen molar-refractivity contribution in [2.75, 3.05) is 0 Å². The van der Waals surface area contributed by atoms with E-state index < -0.39 is 0 Å². The lowest BCUT2D eigenvalue weighted by molar-refractivity contribution is 0.669. The van der Waals surface area contributed by atoms with Gasteiger partial charge in [-0.2, -0.15) is 0 Å². The zero-order chi connectivity index (χ0) is 26.3. The topological polar surface area (TPSA) is 51.8 Å². The number of hydrogen-bond acceptors (Lipinski definition) is 4. The molecule has 0 radical (unpaired) electrons. The first-order valence-electron chi connectivity index (χ1n) is 12.4. The molecule has 0 amide bonds. The Kier molecular flexibility index (Phi) is 5.95. The summed E-state index contributed by atoms with van der Waals surface area (Å²) in [5, 5.41) is 2.58. The van der Waals surface area contributed by atoms with E-state index >= 15 is 0 Å². The standard InChI is InChI=1S/C33H19BrClN3O/c34-27-14-5-4-12-24(27)21-16-17-28-26(19-21)30-25(13-7-15-29(30)39-28)33-37-31(20-8-2-1-3-9-20)36-32(38-33)22-10-6-11-23(35)18-22/h1-19H. The van der Waals surface area contributed by atoms with Crippen molar-refractivity contribution in [3.8, 4) is 45.3 Å². The van der Waals surface area contributed by atoms with Crippen LogP contribution in [0.25, 0.3) is 67.2 Å². The third kappa shape index (κ3) is 4.40. The van der Waals surface area contributed by atoms with Crippen LogP contribution in [-0.4, -0.2) is 15.0 Å². The molecule has 4 nitrogen and oxygen atoms in total. The Morgan fingerprint density at radius 3 is 2.05 bits per heavy atom. The van der Waals surface area contributed by atoms with Gasteiger partial charge in [0.1, 0.15) is 11.2 Å². The summed E-state index contributed by atoms with van der Waals surface area (Å²) in [6.45, 7) is 0. The van der Waals surface area contributed by atoms with Crippen molar-refractivity contribution in [2.45, 2.75) is 0 Å². The number of halogens is 2. The van der Waals surface area contributed by atoms with Gasteiger partial charge in [0.05, 0.1) is 0 Å². The van der Waals surface area contributed by atoms with Crippen LogP contribution in [0.3, 0.4) is 0 Å². The molecule has 7 rings (SSSR count). The van der Waals surface area contributed by atoms with Crippen molar-refractivity contribution in [2.24, 2.45) is 0 Å². The maximum absolute atomic E-state index is 6.33.